The molecule has 1 N–H and O–H groups in total. The zero-order valence-electron chi connectivity index (χ0n) is 14.9. The molecule has 0 spiro atoms. The monoisotopic (exact) mass is 423 g/mol. The smallest absolute Gasteiger partial charge is 0.336 e. The minimum atomic E-state index is -0.355. The largest absolute Gasteiger partial charge is 0.463 e. The molecule has 0 aromatic carbocycles. The Hall–Kier alpha value is -1.40. The summed E-state index contributed by atoms with van der Waals surface area (Å²) in [6.07, 6.45) is 1.29. The second kappa shape index (κ2) is 6.72. The number of nitrogens with one attached hydrogen (secondary N) is 1. The maximum Gasteiger partial charge on any atom is 0.336 e. The van der Waals surface area contributed by atoms with E-state index in [1.54, 1.807) is 18.3 Å². The minimum Gasteiger partial charge on any atom is -0.463 e. The van der Waals surface area contributed by atoms with Gasteiger partial charge >= 0.3 is 5.97 Å². The topological polar surface area (TPSA) is 55.4 Å². The van der Waals surface area contributed by atoms with Crippen molar-refractivity contribution in [2.45, 2.75) is 46.5 Å². The van der Waals surface area contributed by atoms with Gasteiger partial charge in [0.15, 0.2) is 5.78 Å². The van der Waals surface area contributed by atoms with E-state index in [4.69, 9.17) is 4.74 Å². The number of Topliss-reactive ketones (excluding diaryl/α,β-unsaturated/α-hetero) is 1. The average Bonchev–Trinajstić information content (AvgIpc) is 2.90. The van der Waals surface area contributed by atoms with E-state index in [2.05, 4.69) is 35.1 Å². The summed E-state index contributed by atoms with van der Waals surface area (Å²) in [5, 5.41) is 5.31. The lowest BCUT2D eigenvalue weighted by Gasteiger charge is -2.39. The van der Waals surface area contributed by atoms with Gasteiger partial charge in [-0.15, -0.1) is 11.3 Å². The number of ketones is 1. The Bertz CT molecular complexity index is 803. The van der Waals surface area contributed by atoms with Crippen LogP contribution in [0.3, 0.4) is 0 Å². The molecule has 1 aromatic rings. The van der Waals surface area contributed by atoms with Crippen molar-refractivity contribution in [1.29, 1.82) is 0 Å². The number of hydrogen-bond acceptors (Lipinski definition) is 5. The number of ether oxygens (including phenoxy) is 1. The van der Waals surface area contributed by atoms with Crippen molar-refractivity contribution < 1.29 is 14.3 Å². The average molecular weight is 424 g/mol. The SMILES string of the molecule is CCOC(=O)C1=C(C)NC2=C(C(=O)CC(C)(C)C2)[C@H]1c1cc(Br)cs1. The Labute approximate surface area is 160 Å². The second-order valence-electron chi connectivity index (χ2n) is 7.32. The summed E-state index contributed by atoms with van der Waals surface area (Å²) in [6, 6.07) is 1.99. The molecule has 4 nitrogen and oxygen atoms in total. The lowest BCUT2D eigenvalue weighted by molar-refractivity contribution is -0.138. The third-order valence-electron chi connectivity index (χ3n) is 4.61. The number of halogens is 1. The van der Waals surface area contributed by atoms with Crippen LogP contribution in [0, 0.1) is 5.41 Å². The highest BCUT2D eigenvalue weighted by Gasteiger charge is 2.43. The first-order valence-electron chi connectivity index (χ1n) is 8.38. The molecule has 2 heterocycles. The molecule has 1 atom stereocenters. The number of allylic oxidation sites excluding steroid dienone is 3. The minimum absolute atomic E-state index is 0.0782. The summed E-state index contributed by atoms with van der Waals surface area (Å²) < 4.78 is 6.24. The van der Waals surface area contributed by atoms with Gasteiger partial charge in [-0.3, -0.25) is 4.79 Å². The molecule has 1 aromatic heterocycles. The van der Waals surface area contributed by atoms with Gasteiger partial charge in [-0.1, -0.05) is 13.8 Å². The first kappa shape index (κ1) is 18.4. The van der Waals surface area contributed by atoms with Crippen LogP contribution in [0.1, 0.15) is 51.3 Å². The fourth-order valence-corrected chi connectivity index (χ4v) is 5.24. The number of thiophene rings is 1. The van der Waals surface area contributed by atoms with Crippen molar-refractivity contribution >= 4 is 39.0 Å². The van der Waals surface area contributed by atoms with Crippen LogP contribution in [0.2, 0.25) is 0 Å². The molecule has 0 fully saturated rings. The quantitative estimate of drug-likeness (QED) is 0.717. The number of carbonyl (C=O) groups excluding carboxylic acids is 2. The van der Waals surface area contributed by atoms with Gasteiger partial charge in [-0.2, -0.15) is 0 Å². The molecule has 0 unspecified atom stereocenters. The van der Waals surface area contributed by atoms with E-state index < -0.39 is 0 Å². The van der Waals surface area contributed by atoms with E-state index in [1.165, 1.54) is 0 Å². The van der Waals surface area contributed by atoms with Gasteiger partial charge in [0.05, 0.1) is 18.1 Å². The summed E-state index contributed by atoms with van der Waals surface area (Å²) in [5.41, 5.74) is 2.91. The Kier molecular flexibility index (Phi) is 4.95. The molecule has 134 valence electrons. The fourth-order valence-electron chi connectivity index (χ4n) is 3.68. The molecule has 1 aliphatic carbocycles. The van der Waals surface area contributed by atoms with Crippen LogP contribution < -0.4 is 5.32 Å². The van der Waals surface area contributed by atoms with Crippen LogP contribution in [-0.4, -0.2) is 18.4 Å². The second-order valence-corrected chi connectivity index (χ2v) is 9.18. The van der Waals surface area contributed by atoms with Crippen molar-refractivity contribution in [3.63, 3.8) is 0 Å². The Morgan fingerprint density at radius 1 is 1.44 bits per heavy atom. The van der Waals surface area contributed by atoms with Gasteiger partial charge < -0.3 is 10.1 Å². The summed E-state index contributed by atoms with van der Waals surface area (Å²) in [5.74, 6) is -0.594. The van der Waals surface area contributed by atoms with Crippen LogP contribution in [0.5, 0.6) is 0 Å². The van der Waals surface area contributed by atoms with Crippen molar-refractivity contribution in [2.24, 2.45) is 5.41 Å². The summed E-state index contributed by atoms with van der Waals surface area (Å²) in [4.78, 5) is 26.6. The molecule has 6 heteroatoms. The third kappa shape index (κ3) is 3.47. The zero-order chi connectivity index (χ0) is 18.4. The molecule has 3 rings (SSSR count). The van der Waals surface area contributed by atoms with E-state index >= 15 is 0 Å². The summed E-state index contributed by atoms with van der Waals surface area (Å²) >= 11 is 5.04. The molecule has 2 aliphatic rings. The number of rotatable bonds is 3. The molecule has 0 amide bonds. The molecule has 25 heavy (non-hydrogen) atoms. The Balaban J connectivity index is 2.15. The first-order valence-corrected chi connectivity index (χ1v) is 10.1. The molecule has 0 saturated heterocycles. The molecular formula is C19H22BrNO3S. The van der Waals surface area contributed by atoms with Gasteiger partial charge in [0, 0.05) is 38.1 Å². The maximum absolute atomic E-state index is 13.0. The van der Waals surface area contributed by atoms with E-state index in [0.717, 1.165) is 32.7 Å². The molecule has 0 radical (unpaired) electrons. The molecule has 1 aliphatic heterocycles. The van der Waals surface area contributed by atoms with Crippen LogP contribution in [0.25, 0.3) is 0 Å². The van der Waals surface area contributed by atoms with Crippen LogP contribution in [0.4, 0.5) is 0 Å². The number of hydrogen-bond donors (Lipinski definition) is 1. The van der Waals surface area contributed by atoms with Crippen molar-refractivity contribution in [3.05, 3.63) is 43.3 Å². The van der Waals surface area contributed by atoms with Crippen molar-refractivity contribution in [2.75, 3.05) is 6.61 Å². The van der Waals surface area contributed by atoms with Gasteiger partial charge in [-0.25, -0.2) is 4.79 Å². The van der Waals surface area contributed by atoms with Crippen molar-refractivity contribution in [3.8, 4) is 0 Å². The number of dihydropyridines is 1. The van der Waals surface area contributed by atoms with Crippen LogP contribution in [0.15, 0.2) is 38.5 Å². The number of esters is 1. The standard InChI is InChI=1S/C19H22BrNO3S/c1-5-24-18(23)15-10(2)21-12-7-19(3,4)8-13(22)16(12)17(15)14-6-11(20)9-25-14/h6,9,17,21H,5,7-8H2,1-4H3/t17-/m0/s1. The van der Waals surface area contributed by atoms with Crippen LogP contribution in [-0.2, 0) is 14.3 Å². The van der Waals surface area contributed by atoms with Gasteiger partial charge in [0.25, 0.3) is 0 Å². The van der Waals surface area contributed by atoms with Crippen molar-refractivity contribution in [1.82, 2.24) is 5.32 Å². The van der Waals surface area contributed by atoms with Gasteiger partial charge in [0.2, 0.25) is 0 Å². The zero-order valence-corrected chi connectivity index (χ0v) is 17.3. The summed E-state index contributed by atoms with van der Waals surface area (Å²) in [7, 11) is 0. The highest BCUT2D eigenvalue weighted by molar-refractivity contribution is 9.10. The molecular weight excluding hydrogens is 402 g/mol. The third-order valence-corrected chi connectivity index (χ3v) is 6.37. The highest BCUT2D eigenvalue weighted by Crippen LogP contribution is 2.48. The van der Waals surface area contributed by atoms with E-state index in [0.29, 0.717) is 18.6 Å². The maximum atomic E-state index is 13.0. The molecule has 0 bridgehead atoms. The Morgan fingerprint density at radius 3 is 2.76 bits per heavy atom. The highest BCUT2D eigenvalue weighted by atomic mass is 79.9. The lowest BCUT2D eigenvalue weighted by atomic mass is 9.70. The Morgan fingerprint density at radius 2 is 2.16 bits per heavy atom. The molecule has 0 saturated carbocycles. The first-order chi connectivity index (χ1) is 11.7. The predicted molar refractivity (Wildman–Crippen MR) is 102 cm³/mol. The fraction of sp³-hybridized carbons (Fsp3) is 0.474. The van der Waals surface area contributed by atoms with Crippen LogP contribution >= 0.6 is 27.3 Å². The van der Waals surface area contributed by atoms with E-state index in [1.807, 2.05) is 18.4 Å². The van der Waals surface area contributed by atoms with E-state index in [9.17, 15) is 9.59 Å². The summed E-state index contributed by atoms with van der Waals surface area (Å²) in [6.45, 7) is 8.20. The normalized spacial score (nSPS) is 22.6. The van der Waals surface area contributed by atoms with E-state index in [-0.39, 0.29) is 23.1 Å². The predicted octanol–water partition coefficient (Wildman–Crippen LogP) is 4.68. The van der Waals surface area contributed by atoms with Gasteiger partial charge in [0.1, 0.15) is 0 Å². The number of carbonyl (C=O) groups is 2. The lowest BCUT2D eigenvalue weighted by Crippen LogP contribution is -2.38. The van der Waals surface area contributed by atoms with Gasteiger partial charge in [-0.05, 0) is 47.7 Å².